The topological polar surface area (TPSA) is 92.5 Å². The summed E-state index contributed by atoms with van der Waals surface area (Å²) >= 11 is 0. The quantitative estimate of drug-likeness (QED) is 0.859. The maximum atomic E-state index is 12.7. The van der Waals surface area contributed by atoms with Crippen molar-refractivity contribution in [2.45, 2.75) is 37.6 Å². The minimum atomic E-state index is -3.84. The Morgan fingerprint density at radius 1 is 1.36 bits per heavy atom. The molecule has 1 saturated heterocycles. The van der Waals surface area contributed by atoms with Gasteiger partial charge < -0.3 is 10.2 Å². The van der Waals surface area contributed by atoms with Crippen molar-refractivity contribution in [2.75, 3.05) is 20.1 Å². The number of hydrogen-bond acceptors (Lipinski definition) is 4. The fraction of sp³-hybridized carbons (Fsp3) is 0.533. The molecule has 0 bridgehead atoms. The molecule has 122 valence electrons. The molecule has 1 heterocycles. The van der Waals surface area contributed by atoms with Crippen molar-refractivity contribution in [3.8, 4) is 0 Å². The molecule has 7 heteroatoms. The third-order valence-electron chi connectivity index (χ3n) is 4.29. The van der Waals surface area contributed by atoms with Gasteiger partial charge in [0.1, 0.15) is 0 Å². The Morgan fingerprint density at radius 2 is 2.05 bits per heavy atom. The van der Waals surface area contributed by atoms with Crippen molar-refractivity contribution in [1.29, 1.82) is 0 Å². The maximum absolute atomic E-state index is 12.7. The molecule has 0 radical (unpaired) electrons. The number of benzene rings is 1. The van der Waals surface area contributed by atoms with Gasteiger partial charge in [0, 0.05) is 24.7 Å². The molecule has 0 spiro atoms. The number of nitrogens with two attached hydrogens (primary N) is 1. The molecule has 1 amide bonds. The van der Waals surface area contributed by atoms with Gasteiger partial charge in [-0.25, -0.2) is 13.6 Å². The number of carbonyl (C=O) groups excluding carboxylic acids is 1. The van der Waals surface area contributed by atoms with Gasteiger partial charge in [-0.1, -0.05) is 0 Å². The predicted molar refractivity (Wildman–Crippen MR) is 85.3 cm³/mol. The van der Waals surface area contributed by atoms with Gasteiger partial charge in [0.25, 0.3) is 5.91 Å². The minimum Gasteiger partial charge on any atom is -0.337 e. The fourth-order valence-corrected chi connectivity index (χ4v) is 3.70. The summed E-state index contributed by atoms with van der Waals surface area (Å²) in [7, 11) is -1.96. The molecular weight excluding hydrogens is 302 g/mol. The van der Waals surface area contributed by atoms with E-state index in [1.807, 2.05) is 7.05 Å². The summed E-state index contributed by atoms with van der Waals surface area (Å²) in [5.41, 5.74) is 1.71. The Hall–Kier alpha value is -1.44. The van der Waals surface area contributed by atoms with E-state index in [1.54, 1.807) is 24.8 Å². The fourth-order valence-electron chi connectivity index (χ4n) is 2.83. The summed E-state index contributed by atoms with van der Waals surface area (Å²) in [6.45, 7) is 4.80. The van der Waals surface area contributed by atoms with E-state index in [4.69, 9.17) is 5.14 Å². The highest BCUT2D eigenvalue weighted by Gasteiger charge is 2.25. The Labute approximate surface area is 131 Å². The number of likely N-dealkylation sites (tertiary alicyclic amines) is 1. The average molecular weight is 325 g/mol. The molecule has 3 N–H and O–H groups in total. The van der Waals surface area contributed by atoms with Crippen LogP contribution in [0.25, 0.3) is 0 Å². The lowest BCUT2D eigenvalue weighted by molar-refractivity contribution is 0.0698. The van der Waals surface area contributed by atoms with Crippen LogP contribution in [0.2, 0.25) is 0 Å². The van der Waals surface area contributed by atoms with E-state index in [9.17, 15) is 13.2 Å². The monoisotopic (exact) mass is 325 g/mol. The van der Waals surface area contributed by atoms with Crippen LogP contribution in [-0.2, 0) is 10.0 Å². The van der Waals surface area contributed by atoms with E-state index in [1.165, 1.54) is 6.07 Å². The van der Waals surface area contributed by atoms with E-state index >= 15 is 0 Å². The first kappa shape index (κ1) is 16.9. The first-order valence-electron chi connectivity index (χ1n) is 7.34. The SMILES string of the molecule is CNC1CCCN(C(=O)c2cc(C)c(C)c(S(N)(=O)=O)c2)C1. The lowest BCUT2D eigenvalue weighted by Gasteiger charge is -2.32. The van der Waals surface area contributed by atoms with Crippen LogP contribution in [0.1, 0.15) is 34.3 Å². The highest BCUT2D eigenvalue weighted by Crippen LogP contribution is 2.22. The van der Waals surface area contributed by atoms with Gasteiger partial charge >= 0.3 is 0 Å². The number of rotatable bonds is 3. The number of aryl methyl sites for hydroxylation is 1. The minimum absolute atomic E-state index is 0.0259. The zero-order valence-corrected chi connectivity index (χ0v) is 14.0. The molecule has 1 atom stereocenters. The molecule has 1 aliphatic rings. The van der Waals surface area contributed by atoms with Crippen molar-refractivity contribution < 1.29 is 13.2 Å². The first-order chi connectivity index (χ1) is 10.2. The van der Waals surface area contributed by atoms with E-state index in [2.05, 4.69) is 5.32 Å². The summed E-state index contributed by atoms with van der Waals surface area (Å²) < 4.78 is 23.4. The molecular formula is C15H23N3O3S. The van der Waals surface area contributed by atoms with Crippen LogP contribution in [0.3, 0.4) is 0 Å². The van der Waals surface area contributed by atoms with E-state index in [-0.39, 0.29) is 16.8 Å². The molecule has 0 saturated carbocycles. The summed E-state index contributed by atoms with van der Waals surface area (Å²) in [6.07, 6.45) is 1.97. The number of carbonyl (C=O) groups is 1. The first-order valence-corrected chi connectivity index (χ1v) is 8.89. The third-order valence-corrected chi connectivity index (χ3v) is 5.33. The van der Waals surface area contributed by atoms with Gasteiger partial charge in [-0.05, 0) is 57.0 Å². The van der Waals surface area contributed by atoms with Gasteiger partial charge in [-0.2, -0.15) is 0 Å². The van der Waals surface area contributed by atoms with E-state index in [0.717, 1.165) is 18.4 Å². The smallest absolute Gasteiger partial charge is 0.253 e. The van der Waals surface area contributed by atoms with Crippen LogP contribution in [0, 0.1) is 13.8 Å². The molecule has 0 aromatic heterocycles. The van der Waals surface area contributed by atoms with Gasteiger partial charge in [0.2, 0.25) is 10.0 Å². The van der Waals surface area contributed by atoms with Crippen molar-refractivity contribution in [1.82, 2.24) is 10.2 Å². The molecule has 2 rings (SSSR count). The number of sulfonamides is 1. The van der Waals surface area contributed by atoms with Crippen molar-refractivity contribution in [3.05, 3.63) is 28.8 Å². The highest BCUT2D eigenvalue weighted by molar-refractivity contribution is 7.89. The second-order valence-electron chi connectivity index (χ2n) is 5.84. The van der Waals surface area contributed by atoms with Gasteiger partial charge in [0.05, 0.1) is 4.90 Å². The number of amides is 1. The van der Waals surface area contributed by atoms with Crippen LogP contribution >= 0.6 is 0 Å². The molecule has 6 nitrogen and oxygen atoms in total. The van der Waals surface area contributed by atoms with Crippen LogP contribution in [0.15, 0.2) is 17.0 Å². The second kappa shape index (κ2) is 6.36. The van der Waals surface area contributed by atoms with Crippen molar-refractivity contribution in [2.24, 2.45) is 5.14 Å². The van der Waals surface area contributed by atoms with Crippen LogP contribution in [0.5, 0.6) is 0 Å². The summed E-state index contributed by atoms with van der Waals surface area (Å²) in [5, 5.41) is 8.44. The van der Waals surface area contributed by atoms with Crippen LogP contribution in [0.4, 0.5) is 0 Å². The van der Waals surface area contributed by atoms with Gasteiger partial charge in [-0.15, -0.1) is 0 Å². The average Bonchev–Trinajstić information content (AvgIpc) is 2.48. The summed E-state index contributed by atoms with van der Waals surface area (Å²) in [5.74, 6) is -0.145. The van der Waals surface area contributed by atoms with Crippen molar-refractivity contribution >= 4 is 15.9 Å². The number of nitrogens with one attached hydrogen (secondary N) is 1. The number of likely N-dealkylation sites (N-methyl/N-ethyl adjacent to an activating group) is 1. The van der Waals surface area contributed by atoms with E-state index < -0.39 is 10.0 Å². The maximum Gasteiger partial charge on any atom is 0.253 e. The Morgan fingerprint density at radius 3 is 2.64 bits per heavy atom. The van der Waals surface area contributed by atoms with Gasteiger partial charge in [0.15, 0.2) is 0 Å². The molecule has 22 heavy (non-hydrogen) atoms. The summed E-state index contributed by atoms with van der Waals surface area (Å²) in [4.78, 5) is 14.5. The molecule has 1 aliphatic heterocycles. The number of piperidine rings is 1. The molecule has 1 aromatic rings. The Kier molecular flexibility index (Phi) is 4.89. The molecule has 1 fully saturated rings. The van der Waals surface area contributed by atoms with Crippen LogP contribution in [-0.4, -0.2) is 45.4 Å². The van der Waals surface area contributed by atoms with Crippen LogP contribution < -0.4 is 10.5 Å². The lowest BCUT2D eigenvalue weighted by atomic mass is 10.0. The predicted octanol–water partition coefficient (Wildman–Crippen LogP) is 0.775. The zero-order valence-electron chi connectivity index (χ0n) is 13.2. The number of hydrogen-bond donors (Lipinski definition) is 2. The Balaban J connectivity index is 2.36. The standard InChI is InChI=1S/C15H23N3O3S/c1-10-7-12(8-14(11(10)2)22(16,20)21)15(19)18-6-4-5-13(9-18)17-3/h7-8,13,17H,4-6,9H2,1-3H3,(H2,16,20,21). The third kappa shape index (κ3) is 3.48. The lowest BCUT2D eigenvalue weighted by Crippen LogP contribution is -2.47. The summed E-state index contributed by atoms with van der Waals surface area (Å²) in [6, 6.07) is 3.40. The Bertz CT molecular complexity index is 686. The second-order valence-corrected chi connectivity index (χ2v) is 7.37. The number of primary sulfonamides is 1. The normalized spacial score (nSPS) is 19.3. The van der Waals surface area contributed by atoms with E-state index in [0.29, 0.717) is 24.2 Å². The zero-order chi connectivity index (χ0) is 16.5. The highest BCUT2D eigenvalue weighted by atomic mass is 32.2. The molecule has 1 aromatic carbocycles. The largest absolute Gasteiger partial charge is 0.337 e. The number of nitrogens with zero attached hydrogens (tertiary/aromatic N) is 1. The molecule has 0 aliphatic carbocycles. The molecule has 1 unspecified atom stereocenters. The van der Waals surface area contributed by atoms with Crippen molar-refractivity contribution in [3.63, 3.8) is 0 Å². The van der Waals surface area contributed by atoms with Gasteiger partial charge in [-0.3, -0.25) is 4.79 Å².